The Morgan fingerprint density at radius 3 is 2.44 bits per heavy atom. The molecule has 4 heteroatoms. The van der Waals surface area contributed by atoms with Crippen LogP contribution in [-0.4, -0.2) is 27.4 Å². The molecule has 1 aliphatic rings. The number of fused-ring (bicyclic) bond motifs is 1. The van der Waals surface area contributed by atoms with Crippen LogP contribution in [0.5, 0.6) is 17.2 Å². The van der Waals surface area contributed by atoms with Crippen molar-refractivity contribution in [1.29, 1.82) is 0 Å². The molecule has 2 aromatic rings. The van der Waals surface area contributed by atoms with Crippen LogP contribution in [0.2, 0.25) is 0 Å². The fourth-order valence-electron chi connectivity index (χ4n) is 2.61. The Morgan fingerprint density at radius 2 is 1.80 bits per heavy atom. The van der Waals surface area contributed by atoms with Crippen LogP contribution in [0.15, 0.2) is 36.4 Å². The molecule has 0 amide bonds. The van der Waals surface area contributed by atoms with Gasteiger partial charge in [0.25, 0.3) is 0 Å². The maximum atomic E-state index is 5.50. The molecule has 0 saturated heterocycles. The van der Waals surface area contributed by atoms with Crippen LogP contribution in [0.3, 0.4) is 0 Å². The minimum atomic E-state index is 0.514. The van der Waals surface area contributed by atoms with Crippen LogP contribution in [0.4, 0.5) is 5.69 Å². The lowest BCUT2D eigenvalue weighted by molar-refractivity contribution is 0.323. The summed E-state index contributed by atoms with van der Waals surface area (Å²) in [7, 11) is 3.30. The molecule has 1 heterocycles. The van der Waals surface area contributed by atoms with E-state index in [1.807, 2.05) is 12.1 Å². The van der Waals surface area contributed by atoms with Gasteiger partial charge in [0.2, 0.25) is 0 Å². The van der Waals surface area contributed by atoms with Crippen LogP contribution in [0.1, 0.15) is 37.8 Å². The second-order valence-corrected chi connectivity index (χ2v) is 6.23. The fraction of sp³-hybridized carbons (Fsp3) is 0.429. The number of benzene rings is 2. The van der Waals surface area contributed by atoms with Gasteiger partial charge in [0.15, 0.2) is 11.5 Å². The van der Waals surface area contributed by atoms with Crippen molar-refractivity contribution in [2.75, 3.05) is 32.7 Å². The summed E-state index contributed by atoms with van der Waals surface area (Å²) < 4.78 is 15.9. The molecule has 0 radical (unpaired) electrons. The molecular weight excluding hydrogens is 314 g/mol. The van der Waals surface area contributed by atoms with E-state index in [0.29, 0.717) is 5.92 Å². The average molecular weight is 343 g/mol. The van der Waals surface area contributed by atoms with Gasteiger partial charge in [-0.1, -0.05) is 32.9 Å². The Balaban J connectivity index is 0.000000181. The van der Waals surface area contributed by atoms with Gasteiger partial charge in [0, 0.05) is 6.54 Å². The summed E-state index contributed by atoms with van der Waals surface area (Å²) in [5, 5.41) is 3.29. The molecule has 3 rings (SSSR count). The predicted octanol–water partition coefficient (Wildman–Crippen LogP) is 4.88. The Kier molecular flexibility index (Phi) is 6.99. The molecule has 0 aliphatic carbocycles. The van der Waals surface area contributed by atoms with Crippen molar-refractivity contribution < 1.29 is 14.2 Å². The molecule has 1 aliphatic heterocycles. The summed E-state index contributed by atoms with van der Waals surface area (Å²) >= 11 is 0. The van der Waals surface area contributed by atoms with Crippen molar-refractivity contribution in [2.24, 2.45) is 0 Å². The molecule has 0 fully saturated rings. The molecular formula is C21H29NO3. The minimum absolute atomic E-state index is 0.514. The topological polar surface area (TPSA) is 39.7 Å². The maximum absolute atomic E-state index is 5.50. The van der Waals surface area contributed by atoms with Crippen molar-refractivity contribution in [1.82, 2.24) is 0 Å². The Labute approximate surface area is 151 Å². The van der Waals surface area contributed by atoms with Crippen molar-refractivity contribution in [3.8, 4) is 17.2 Å². The lowest BCUT2D eigenvalue weighted by Gasteiger charge is -2.19. The molecule has 0 unspecified atom stereocenters. The highest BCUT2D eigenvalue weighted by atomic mass is 16.5. The second kappa shape index (κ2) is 9.21. The molecule has 0 atom stereocenters. The highest BCUT2D eigenvalue weighted by Crippen LogP contribution is 2.30. The van der Waals surface area contributed by atoms with E-state index < -0.39 is 0 Å². The van der Waals surface area contributed by atoms with Crippen molar-refractivity contribution in [3.05, 3.63) is 47.5 Å². The van der Waals surface area contributed by atoms with Gasteiger partial charge >= 0.3 is 0 Å². The second-order valence-electron chi connectivity index (χ2n) is 6.23. The molecule has 0 spiro atoms. The Hall–Kier alpha value is -2.36. The summed E-state index contributed by atoms with van der Waals surface area (Å²) in [5.74, 6) is 3.10. The number of anilines is 1. The third-order valence-electron chi connectivity index (χ3n) is 4.20. The Morgan fingerprint density at radius 1 is 1.04 bits per heavy atom. The molecule has 2 aromatic carbocycles. The van der Waals surface area contributed by atoms with Gasteiger partial charge in [-0.25, -0.2) is 0 Å². The smallest absolute Gasteiger partial charge is 0.160 e. The molecule has 0 aromatic heterocycles. The first-order valence-corrected chi connectivity index (χ1v) is 8.80. The number of hydrogen-bond donors (Lipinski definition) is 1. The van der Waals surface area contributed by atoms with E-state index in [9.17, 15) is 0 Å². The number of aryl methyl sites for hydroxylation is 1. The van der Waals surface area contributed by atoms with Gasteiger partial charge in [-0.15, -0.1) is 0 Å². The van der Waals surface area contributed by atoms with Gasteiger partial charge < -0.3 is 19.5 Å². The lowest BCUT2D eigenvalue weighted by atomic mass is 10.0. The van der Waals surface area contributed by atoms with Crippen LogP contribution in [-0.2, 0) is 6.42 Å². The predicted molar refractivity (Wildman–Crippen MR) is 103 cm³/mol. The summed E-state index contributed by atoms with van der Waals surface area (Å²) in [6.45, 7) is 8.15. The first kappa shape index (κ1) is 19.0. The zero-order valence-corrected chi connectivity index (χ0v) is 15.9. The van der Waals surface area contributed by atoms with Crippen LogP contribution >= 0.6 is 0 Å². The normalized spacial score (nSPS) is 12.2. The fourth-order valence-corrected chi connectivity index (χ4v) is 2.61. The highest BCUT2D eigenvalue weighted by molar-refractivity contribution is 5.58. The van der Waals surface area contributed by atoms with Crippen LogP contribution < -0.4 is 19.5 Å². The quantitative estimate of drug-likeness (QED) is 0.859. The number of ether oxygens (including phenoxy) is 3. The van der Waals surface area contributed by atoms with Crippen LogP contribution in [0, 0.1) is 0 Å². The molecule has 25 heavy (non-hydrogen) atoms. The molecule has 4 nitrogen and oxygen atoms in total. The summed E-state index contributed by atoms with van der Waals surface area (Å²) in [4.78, 5) is 0. The molecule has 1 N–H and O–H groups in total. The van der Waals surface area contributed by atoms with Gasteiger partial charge in [-0.05, 0) is 47.7 Å². The van der Waals surface area contributed by atoms with E-state index in [1.165, 1.54) is 11.1 Å². The number of methoxy groups -OCH3 is 2. The van der Waals surface area contributed by atoms with E-state index in [0.717, 1.165) is 42.5 Å². The first-order chi connectivity index (χ1) is 12.1. The summed E-state index contributed by atoms with van der Waals surface area (Å²) in [5.41, 5.74) is 3.72. The average Bonchev–Trinajstić information content (AvgIpc) is 2.67. The highest BCUT2D eigenvalue weighted by Gasteiger charge is 2.08. The molecule has 0 bridgehead atoms. The number of rotatable bonds is 4. The van der Waals surface area contributed by atoms with Gasteiger partial charge in [0.05, 0.1) is 19.9 Å². The van der Waals surface area contributed by atoms with Crippen molar-refractivity contribution in [2.45, 2.75) is 33.1 Å². The molecule has 0 saturated carbocycles. The van der Waals surface area contributed by atoms with Crippen molar-refractivity contribution >= 4 is 5.69 Å². The summed E-state index contributed by atoms with van der Waals surface area (Å²) in [6.07, 6.45) is 1.07. The van der Waals surface area contributed by atoms with Gasteiger partial charge in [0.1, 0.15) is 12.4 Å². The third kappa shape index (κ3) is 5.05. The lowest BCUT2D eigenvalue weighted by Crippen LogP contribution is -2.17. The molecule has 136 valence electrons. The zero-order valence-electron chi connectivity index (χ0n) is 15.9. The first-order valence-electron chi connectivity index (χ1n) is 8.80. The van der Waals surface area contributed by atoms with E-state index in [1.54, 1.807) is 14.2 Å². The van der Waals surface area contributed by atoms with Gasteiger partial charge in [-0.3, -0.25) is 0 Å². The standard InChI is InChI=1S/C11H16O2.C10H13NO/c1-8(2)9-5-6-10(12-3)11(7-9)13-4;1-2-8-3-4-9-10(7-8)12-6-5-11-9/h5-8H,1-4H3;3-4,7,11H,2,5-6H2,1H3. The monoisotopic (exact) mass is 343 g/mol. The zero-order chi connectivity index (χ0) is 18.2. The summed E-state index contributed by atoms with van der Waals surface area (Å²) in [6, 6.07) is 12.4. The minimum Gasteiger partial charge on any atom is -0.493 e. The third-order valence-corrected chi connectivity index (χ3v) is 4.20. The van der Waals surface area contributed by atoms with E-state index in [2.05, 4.69) is 50.4 Å². The van der Waals surface area contributed by atoms with Gasteiger partial charge in [-0.2, -0.15) is 0 Å². The maximum Gasteiger partial charge on any atom is 0.160 e. The van der Waals surface area contributed by atoms with E-state index in [-0.39, 0.29) is 0 Å². The SMILES string of the molecule is CCc1ccc2c(c1)OCCN2.COc1ccc(C(C)C)cc1OC. The van der Waals surface area contributed by atoms with Crippen molar-refractivity contribution in [3.63, 3.8) is 0 Å². The Bertz CT molecular complexity index is 683. The largest absolute Gasteiger partial charge is 0.493 e. The number of hydrogen-bond acceptors (Lipinski definition) is 4. The van der Waals surface area contributed by atoms with E-state index in [4.69, 9.17) is 14.2 Å². The number of nitrogens with one attached hydrogen (secondary N) is 1. The van der Waals surface area contributed by atoms with E-state index >= 15 is 0 Å². The van der Waals surface area contributed by atoms with Crippen LogP contribution in [0.25, 0.3) is 0 Å².